The van der Waals surface area contributed by atoms with Gasteiger partial charge in [-0.3, -0.25) is 9.48 Å². The van der Waals surface area contributed by atoms with Crippen molar-refractivity contribution in [3.05, 3.63) is 66.0 Å². The zero-order valence-corrected chi connectivity index (χ0v) is 20.4. The molecule has 0 spiro atoms. The predicted octanol–water partition coefficient (Wildman–Crippen LogP) is 3.46. The number of hydrogen-bond acceptors (Lipinski definition) is 7. The number of methoxy groups -OCH3 is 2. The number of carbonyl (C=O) groups excluding carboxylic acids is 2. The Labute approximate surface area is 211 Å². The van der Waals surface area contributed by atoms with Crippen molar-refractivity contribution in [2.24, 2.45) is 0 Å². The third-order valence-electron chi connectivity index (χ3n) is 6.39. The number of aromatic nitrogens is 5. The van der Waals surface area contributed by atoms with Gasteiger partial charge < -0.3 is 19.4 Å². The molecule has 3 aromatic heterocycles. The van der Waals surface area contributed by atoms with Gasteiger partial charge in [0, 0.05) is 48.4 Å². The van der Waals surface area contributed by atoms with Crippen LogP contribution in [0.3, 0.4) is 0 Å². The van der Waals surface area contributed by atoms with Crippen LogP contribution in [-0.2, 0) is 16.1 Å². The number of halogens is 1. The largest absolute Gasteiger partial charge is 0.481 e. The highest BCUT2D eigenvalue weighted by atomic mass is 19.1. The average molecular weight is 505 g/mol. The van der Waals surface area contributed by atoms with Crippen LogP contribution in [0.4, 0.5) is 4.39 Å². The van der Waals surface area contributed by atoms with Crippen molar-refractivity contribution < 1.29 is 23.5 Å². The fraction of sp³-hybridized carbons (Fsp3) is 0.269. The number of H-pyrrole nitrogens is 1. The third kappa shape index (κ3) is 4.67. The van der Waals surface area contributed by atoms with Crippen molar-refractivity contribution in [1.82, 2.24) is 29.9 Å². The molecule has 190 valence electrons. The maximum Gasteiger partial charge on any atom is 0.354 e. The summed E-state index contributed by atoms with van der Waals surface area (Å²) in [5.74, 6) is -0.809. The maximum absolute atomic E-state index is 16.0. The third-order valence-corrected chi connectivity index (χ3v) is 6.39. The van der Waals surface area contributed by atoms with Crippen LogP contribution >= 0.6 is 0 Å². The summed E-state index contributed by atoms with van der Waals surface area (Å²) in [4.78, 5) is 34.0. The van der Waals surface area contributed by atoms with Gasteiger partial charge in [0.05, 0.1) is 32.5 Å². The highest BCUT2D eigenvalue weighted by Crippen LogP contribution is 2.39. The van der Waals surface area contributed by atoms with E-state index in [9.17, 15) is 9.59 Å². The molecule has 0 unspecified atom stereocenters. The molecular weight excluding hydrogens is 479 g/mol. The molecule has 37 heavy (non-hydrogen) atoms. The van der Waals surface area contributed by atoms with Crippen molar-refractivity contribution in [3.8, 4) is 17.0 Å². The molecule has 5 rings (SSSR count). The second kappa shape index (κ2) is 10.2. The van der Waals surface area contributed by atoms with Crippen LogP contribution in [0.2, 0.25) is 0 Å². The molecule has 1 N–H and O–H groups in total. The van der Waals surface area contributed by atoms with Crippen molar-refractivity contribution in [3.63, 3.8) is 0 Å². The topological polar surface area (TPSA) is 115 Å². The molecule has 1 aliphatic rings. The predicted molar refractivity (Wildman–Crippen MR) is 133 cm³/mol. The van der Waals surface area contributed by atoms with Crippen LogP contribution in [-0.4, -0.2) is 69.0 Å². The second-order valence-corrected chi connectivity index (χ2v) is 8.56. The molecule has 10 nitrogen and oxygen atoms in total. The van der Waals surface area contributed by atoms with Gasteiger partial charge in [-0.15, -0.1) is 5.10 Å². The number of ether oxygens (including phenoxy) is 2. The molecule has 0 atom stereocenters. The van der Waals surface area contributed by atoms with E-state index in [0.717, 1.165) is 0 Å². The first-order valence-electron chi connectivity index (χ1n) is 11.7. The van der Waals surface area contributed by atoms with Crippen LogP contribution in [0, 0.1) is 5.82 Å². The number of aromatic amines is 1. The van der Waals surface area contributed by atoms with E-state index in [4.69, 9.17) is 9.47 Å². The van der Waals surface area contributed by atoms with Crippen LogP contribution in [0.15, 0.2) is 48.9 Å². The van der Waals surface area contributed by atoms with E-state index >= 15 is 4.39 Å². The number of rotatable bonds is 7. The van der Waals surface area contributed by atoms with Crippen LogP contribution < -0.4 is 4.74 Å². The lowest BCUT2D eigenvalue weighted by Gasteiger charge is -2.28. The lowest BCUT2D eigenvalue weighted by molar-refractivity contribution is -0.131. The van der Waals surface area contributed by atoms with Gasteiger partial charge in [-0.25, -0.2) is 14.2 Å². The smallest absolute Gasteiger partial charge is 0.354 e. The number of aryl methyl sites for hydroxylation is 1. The van der Waals surface area contributed by atoms with Crippen molar-refractivity contribution >= 4 is 28.4 Å². The molecule has 1 aromatic carbocycles. The van der Waals surface area contributed by atoms with Gasteiger partial charge in [0.1, 0.15) is 5.69 Å². The number of carbonyl (C=O) groups is 2. The van der Waals surface area contributed by atoms with Crippen molar-refractivity contribution in [2.75, 3.05) is 27.3 Å². The fourth-order valence-electron chi connectivity index (χ4n) is 4.57. The first kappa shape index (κ1) is 24.2. The Morgan fingerprint density at radius 3 is 2.78 bits per heavy atom. The Morgan fingerprint density at radius 1 is 1.16 bits per heavy atom. The molecule has 0 aliphatic carbocycles. The first-order chi connectivity index (χ1) is 18.0. The molecule has 0 fully saturated rings. The normalized spacial score (nSPS) is 13.5. The molecule has 0 radical (unpaired) electrons. The van der Waals surface area contributed by atoms with Crippen LogP contribution in [0.5, 0.6) is 5.88 Å². The van der Waals surface area contributed by atoms with E-state index in [1.807, 2.05) is 12.1 Å². The lowest BCUT2D eigenvalue weighted by atomic mass is 9.93. The molecule has 0 saturated carbocycles. The van der Waals surface area contributed by atoms with Crippen molar-refractivity contribution in [1.29, 1.82) is 0 Å². The summed E-state index contributed by atoms with van der Waals surface area (Å²) in [7, 11) is 2.78. The molecule has 4 aromatic rings. The average Bonchev–Trinajstić information content (AvgIpc) is 3.62. The number of nitrogens with one attached hydrogen (secondary N) is 1. The minimum Gasteiger partial charge on any atom is -0.481 e. The van der Waals surface area contributed by atoms with Crippen LogP contribution in [0.1, 0.15) is 28.9 Å². The van der Waals surface area contributed by atoms with Gasteiger partial charge in [0.2, 0.25) is 11.8 Å². The Bertz CT molecular complexity index is 1490. The summed E-state index contributed by atoms with van der Waals surface area (Å²) in [6, 6.07) is 6.87. The van der Waals surface area contributed by atoms with E-state index in [2.05, 4.69) is 20.3 Å². The monoisotopic (exact) mass is 504 g/mol. The standard InChI is InChI=1S/C26H25FN6O4/c1-36-25-17(6-3-8-28-25)19-13-18(23(27)24-20(19)14-21(30-24)26(35)37-2)16-5-4-10-32(15-16)22(34)7-11-33-12-9-29-31-33/h3,5-6,8-9,12-14,30H,4,7,10-11,15H2,1-2H3. The molecule has 11 heteroatoms. The fourth-order valence-corrected chi connectivity index (χ4v) is 4.57. The summed E-state index contributed by atoms with van der Waals surface area (Å²) >= 11 is 0. The van der Waals surface area contributed by atoms with E-state index in [0.29, 0.717) is 53.0 Å². The Hall–Kier alpha value is -4.54. The first-order valence-corrected chi connectivity index (χ1v) is 11.7. The van der Waals surface area contributed by atoms with E-state index < -0.39 is 11.8 Å². The summed E-state index contributed by atoms with van der Waals surface area (Å²) < 4.78 is 27.9. The SMILES string of the molecule is COC(=O)c1cc2c(-c3cccnc3OC)cc(C3=CCCN(C(=O)CCn4ccnn4)C3)c(F)c2[nH]1. The van der Waals surface area contributed by atoms with Crippen LogP contribution in [0.25, 0.3) is 27.6 Å². The van der Waals surface area contributed by atoms with Gasteiger partial charge in [0.25, 0.3) is 0 Å². The van der Waals surface area contributed by atoms with Gasteiger partial charge in [0.15, 0.2) is 5.82 Å². The minimum atomic E-state index is -0.609. The highest BCUT2D eigenvalue weighted by Gasteiger charge is 2.25. The number of nitrogens with zero attached hydrogens (tertiary/aromatic N) is 5. The summed E-state index contributed by atoms with van der Waals surface area (Å²) in [6.07, 6.45) is 7.66. The zero-order chi connectivity index (χ0) is 25.9. The molecule has 4 heterocycles. The Morgan fingerprint density at radius 2 is 2.03 bits per heavy atom. The number of pyridine rings is 1. The Balaban J connectivity index is 1.54. The molecular formula is C26H25FN6O4. The van der Waals surface area contributed by atoms with Crippen molar-refractivity contribution in [2.45, 2.75) is 19.4 Å². The van der Waals surface area contributed by atoms with Gasteiger partial charge >= 0.3 is 5.97 Å². The Kier molecular flexibility index (Phi) is 6.67. The molecule has 0 bridgehead atoms. The van der Waals surface area contributed by atoms with E-state index in [1.54, 1.807) is 46.4 Å². The number of esters is 1. The number of amides is 1. The summed E-state index contributed by atoms with van der Waals surface area (Å²) in [5, 5.41) is 8.14. The second-order valence-electron chi connectivity index (χ2n) is 8.56. The summed E-state index contributed by atoms with van der Waals surface area (Å²) in [5.41, 5.74) is 2.58. The lowest BCUT2D eigenvalue weighted by Crippen LogP contribution is -2.36. The molecule has 0 saturated heterocycles. The van der Waals surface area contributed by atoms with Gasteiger partial charge in [-0.1, -0.05) is 11.3 Å². The van der Waals surface area contributed by atoms with Gasteiger partial charge in [-0.2, -0.15) is 0 Å². The number of benzene rings is 1. The van der Waals surface area contributed by atoms with Gasteiger partial charge in [-0.05, 0) is 41.8 Å². The number of hydrogen-bond donors (Lipinski definition) is 1. The zero-order valence-electron chi connectivity index (χ0n) is 20.4. The molecule has 1 aliphatic heterocycles. The maximum atomic E-state index is 16.0. The van der Waals surface area contributed by atoms with E-state index in [1.165, 1.54) is 14.2 Å². The quantitative estimate of drug-likeness (QED) is 0.383. The molecule has 1 amide bonds. The minimum absolute atomic E-state index is 0.0513. The van der Waals surface area contributed by atoms with E-state index in [-0.39, 0.29) is 30.1 Å². The summed E-state index contributed by atoms with van der Waals surface area (Å²) in [6.45, 7) is 1.22. The number of fused-ring (bicyclic) bond motifs is 1. The highest BCUT2D eigenvalue weighted by molar-refractivity contribution is 6.04.